The fourth-order valence-corrected chi connectivity index (χ4v) is 3.09. The normalized spacial score (nSPS) is 19.5. The van der Waals surface area contributed by atoms with E-state index >= 15 is 0 Å². The molecule has 0 radical (unpaired) electrons. The Morgan fingerprint density at radius 3 is 2.61 bits per heavy atom. The molecule has 5 nitrogen and oxygen atoms in total. The van der Waals surface area contributed by atoms with Gasteiger partial charge in [-0.25, -0.2) is 4.98 Å². The highest BCUT2D eigenvalue weighted by Crippen LogP contribution is 2.44. The van der Waals surface area contributed by atoms with Crippen molar-refractivity contribution in [2.75, 3.05) is 11.9 Å². The smallest absolute Gasteiger partial charge is 0.148 e. The second-order valence-corrected chi connectivity index (χ2v) is 6.12. The van der Waals surface area contributed by atoms with Gasteiger partial charge >= 0.3 is 0 Å². The van der Waals surface area contributed by atoms with Crippen LogP contribution in [0.15, 0.2) is 36.7 Å². The maximum atomic E-state index is 9.18. The van der Waals surface area contributed by atoms with E-state index in [2.05, 4.69) is 27.4 Å². The molecule has 1 aromatic heterocycles. The number of hydrogen-bond acceptors (Lipinski definition) is 5. The van der Waals surface area contributed by atoms with Gasteiger partial charge in [-0.3, -0.25) is 4.98 Å². The van der Waals surface area contributed by atoms with Gasteiger partial charge in [0.15, 0.2) is 0 Å². The van der Waals surface area contributed by atoms with Gasteiger partial charge in [-0.05, 0) is 44.4 Å². The number of hydrogen-bond donors (Lipinski definition) is 2. The number of nitrogens with zero attached hydrogens (tertiary/aromatic N) is 2. The van der Waals surface area contributed by atoms with Crippen molar-refractivity contribution in [3.63, 3.8) is 0 Å². The Morgan fingerprint density at radius 2 is 1.91 bits per heavy atom. The first-order valence-corrected chi connectivity index (χ1v) is 8.14. The van der Waals surface area contributed by atoms with Crippen LogP contribution in [-0.4, -0.2) is 27.8 Å². The summed E-state index contributed by atoms with van der Waals surface area (Å²) < 4.78 is 5.71. The summed E-state index contributed by atoms with van der Waals surface area (Å²) in [5.41, 5.74) is 2.18. The van der Waals surface area contributed by atoms with Crippen molar-refractivity contribution >= 4 is 5.82 Å². The SMILES string of the molecule is CC(C)Oc1ccc(C2Nc3nccnc3C2CCCO)cc1. The Balaban J connectivity index is 1.83. The van der Waals surface area contributed by atoms with Crippen molar-refractivity contribution < 1.29 is 9.84 Å². The quantitative estimate of drug-likeness (QED) is 0.856. The van der Waals surface area contributed by atoms with Crippen LogP contribution in [0.2, 0.25) is 0 Å². The summed E-state index contributed by atoms with van der Waals surface area (Å²) >= 11 is 0. The summed E-state index contributed by atoms with van der Waals surface area (Å²) in [4.78, 5) is 8.88. The van der Waals surface area contributed by atoms with Crippen LogP contribution in [-0.2, 0) is 0 Å². The number of aliphatic hydroxyl groups is 1. The molecule has 0 spiro atoms. The zero-order chi connectivity index (χ0) is 16.2. The molecule has 0 amide bonds. The molecule has 122 valence electrons. The van der Waals surface area contributed by atoms with Crippen LogP contribution in [0, 0.1) is 0 Å². The molecule has 2 heterocycles. The Morgan fingerprint density at radius 1 is 1.17 bits per heavy atom. The molecule has 1 aliphatic rings. The molecular weight excluding hydrogens is 290 g/mol. The van der Waals surface area contributed by atoms with Gasteiger partial charge in [0.2, 0.25) is 0 Å². The minimum atomic E-state index is 0.132. The van der Waals surface area contributed by atoms with E-state index in [-0.39, 0.29) is 24.7 Å². The van der Waals surface area contributed by atoms with Gasteiger partial charge < -0.3 is 15.2 Å². The highest BCUT2D eigenvalue weighted by atomic mass is 16.5. The van der Waals surface area contributed by atoms with E-state index in [0.717, 1.165) is 30.1 Å². The molecule has 3 rings (SSSR count). The lowest BCUT2D eigenvalue weighted by Gasteiger charge is -2.20. The second-order valence-electron chi connectivity index (χ2n) is 6.12. The van der Waals surface area contributed by atoms with E-state index in [1.807, 2.05) is 26.0 Å². The fraction of sp³-hybridized carbons (Fsp3) is 0.444. The number of benzene rings is 1. The van der Waals surface area contributed by atoms with Crippen LogP contribution in [0.4, 0.5) is 5.82 Å². The molecule has 2 aromatic rings. The predicted molar refractivity (Wildman–Crippen MR) is 89.7 cm³/mol. The van der Waals surface area contributed by atoms with Gasteiger partial charge in [0.1, 0.15) is 11.6 Å². The number of rotatable bonds is 6. The molecular formula is C18H23N3O2. The number of ether oxygens (including phenoxy) is 1. The van der Waals surface area contributed by atoms with E-state index in [0.29, 0.717) is 0 Å². The molecule has 2 atom stereocenters. The molecule has 5 heteroatoms. The van der Waals surface area contributed by atoms with Crippen molar-refractivity contribution in [1.29, 1.82) is 0 Å². The number of aromatic nitrogens is 2. The van der Waals surface area contributed by atoms with Crippen LogP contribution in [0.25, 0.3) is 0 Å². The molecule has 0 bridgehead atoms. The third kappa shape index (κ3) is 3.45. The zero-order valence-electron chi connectivity index (χ0n) is 13.6. The molecule has 1 aromatic carbocycles. The molecule has 2 N–H and O–H groups in total. The van der Waals surface area contributed by atoms with Gasteiger partial charge in [0.05, 0.1) is 17.8 Å². The molecule has 0 saturated heterocycles. The minimum absolute atomic E-state index is 0.132. The highest BCUT2D eigenvalue weighted by molar-refractivity contribution is 5.52. The van der Waals surface area contributed by atoms with Crippen molar-refractivity contribution in [3.05, 3.63) is 47.9 Å². The maximum absolute atomic E-state index is 9.18. The van der Waals surface area contributed by atoms with E-state index in [9.17, 15) is 5.11 Å². The first-order valence-electron chi connectivity index (χ1n) is 8.14. The fourth-order valence-electron chi connectivity index (χ4n) is 3.09. The number of anilines is 1. The van der Waals surface area contributed by atoms with Crippen LogP contribution >= 0.6 is 0 Å². The van der Waals surface area contributed by atoms with Gasteiger partial charge in [0, 0.05) is 24.9 Å². The van der Waals surface area contributed by atoms with Gasteiger partial charge in [-0.2, -0.15) is 0 Å². The van der Waals surface area contributed by atoms with Crippen LogP contribution in [0.1, 0.15) is 49.9 Å². The largest absolute Gasteiger partial charge is 0.491 e. The van der Waals surface area contributed by atoms with E-state index in [4.69, 9.17) is 4.74 Å². The average Bonchev–Trinajstić information content (AvgIpc) is 2.91. The monoisotopic (exact) mass is 313 g/mol. The van der Waals surface area contributed by atoms with E-state index in [1.54, 1.807) is 12.4 Å². The second kappa shape index (κ2) is 6.96. The molecule has 0 saturated carbocycles. The van der Waals surface area contributed by atoms with Gasteiger partial charge in [0.25, 0.3) is 0 Å². The zero-order valence-corrected chi connectivity index (χ0v) is 13.6. The van der Waals surface area contributed by atoms with E-state index < -0.39 is 0 Å². The maximum Gasteiger partial charge on any atom is 0.148 e. The predicted octanol–water partition coefficient (Wildman–Crippen LogP) is 3.29. The summed E-state index contributed by atoms with van der Waals surface area (Å²) in [5.74, 6) is 1.95. The molecule has 0 aliphatic carbocycles. The van der Waals surface area contributed by atoms with Crippen LogP contribution in [0.3, 0.4) is 0 Å². The summed E-state index contributed by atoms with van der Waals surface area (Å²) in [7, 11) is 0. The topological polar surface area (TPSA) is 67.3 Å². The Kier molecular flexibility index (Phi) is 4.76. The summed E-state index contributed by atoms with van der Waals surface area (Å²) in [6.07, 6.45) is 5.24. The van der Waals surface area contributed by atoms with Crippen LogP contribution in [0.5, 0.6) is 5.75 Å². The summed E-state index contributed by atoms with van der Waals surface area (Å²) in [6, 6.07) is 8.32. The third-order valence-corrected chi connectivity index (χ3v) is 4.06. The van der Waals surface area contributed by atoms with Crippen molar-refractivity contribution in [2.24, 2.45) is 0 Å². The molecule has 1 aliphatic heterocycles. The lowest BCUT2D eigenvalue weighted by molar-refractivity contribution is 0.242. The Bertz CT molecular complexity index is 643. The molecule has 2 unspecified atom stereocenters. The lowest BCUT2D eigenvalue weighted by Crippen LogP contribution is -2.13. The minimum Gasteiger partial charge on any atom is -0.491 e. The lowest BCUT2D eigenvalue weighted by atomic mass is 9.89. The Hall–Kier alpha value is -2.14. The summed E-state index contributed by atoms with van der Waals surface area (Å²) in [6.45, 7) is 4.23. The van der Waals surface area contributed by atoms with Gasteiger partial charge in [-0.1, -0.05) is 12.1 Å². The molecule has 23 heavy (non-hydrogen) atoms. The van der Waals surface area contributed by atoms with Crippen molar-refractivity contribution in [1.82, 2.24) is 9.97 Å². The first-order chi connectivity index (χ1) is 11.2. The van der Waals surface area contributed by atoms with Gasteiger partial charge in [-0.15, -0.1) is 0 Å². The third-order valence-electron chi connectivity index (χ3n) is 4.06. The van der Waals surface area contributed by atoms with E-state index in [1.165, 1.54) is 5.56 Å². The number of nitrogens with one attached hydrogen (secondary N) is 1. The van der Waals surface area contributed by atoms with Crippen LogP contribution < -0.4 is 10.1 Å². The number of fused-ring (bicyclic) bond motifs is 1. The van der Waals surface area contributed by atoms with Crippen molar-refractivity contribution in [3.8, 4) is 5.75 Å². The highest BCUT2D eigenvalue weighted by Gasteiger charge is 2.34. The molecule has 0 fully saturated rings. The Labute approximate surface area is 136 Å². The first kappa shape index (κ1) is 15.7. The summed E-state index contributed by atoms with van der Waals surface area (Å²) in [5, 5.41) is 12.7. The standard InChI is InChI=1S/C18H23N3O2/c1-12(2)23-14-7-5-13(6-8-14)16-15(4-3-11-22)17-18(21-16)20-10-9-19-17/h5-10,12,15-16,22H,3-4,11H2,1-2H3,(H,20,21). The number of aliphatic hydroxyl groups excluding tert-OH is 1. The average molecular weight is 313 g/mol. The van der Waals surface area contributed by atoms with Crippen molar-refractivity contribution in [2.45, 2.75) is 44.8 Å².